The molecule has 1 aromatic carbocycles. The minimum Gasteiger partial charge on any atom is -0.379 e. The molecule has 33 heavy (non-hydrogen) atoms. The number of hydrogen-bond acceptors (Lipinski definition) is 6. The molecule has 1 saturated heterocycles. The Balaban J connectivity index is 1.65. The first-order valence-corrected chi connectivity index (χ1v) is 11.5. The number of hydrogen-bond donors (Lipinski definition) is 1. The molecule has 0 radical (unpaired) electrons. The maximum Gasteiger partial charge on any atom is 0.278 e. The summed E-state index contributed by atoms with van der Waals surface area (Å²) in [5.41, 5.74) is 2.38. The number of benzene rings is 1. The standard InChI is InChI=1S/C24H33FN6O2/c1-24(2,3)21-19-20(29(4)28-21)22(32)27-23(26-19)31(16-17-6-8-18(25)9-7-17)11-5-10-30-12-14-33-15-13-30/h6-9H,5,10-16H2,1-4H3,(H,26,27,32). The molecule has 1 aliphatic heterocycles. The topological polar surface area (TPSA) is 79.3 Å². The molecule has 0 amide bonds. The molecule has 2 aromatic heterocycles. The molecule has 0 saturated carbocycles. The lowest BCUT2D eigenvalue weighted by Crippen LogP contribution is -2.38. The maximum atomic E-state index is 13.4. The van der Waals surface area contributed by atoms with E-state index in [0.29, 0.717) is 30.1 Å². The van der Waals surface area contributed by atoms with Crippen molar-refractivity contribution < 1.29 is 9.13 Å². The van der Waals surface area contributed by atoms with Gasteiger partial charge in [0.05, 0.1) is 18.9 Å². The second-order valence-electron chi connectivity index (χ2n) is 9.66. The zero-order valence-corrected chi connectivity index (χ0v) is 19.9. The zero-order chi connectivity index (χ0) is 23.6. The van der Waals surface area contributed by atoms with Gasteiger partial charge in [-0.25, -0.2) is 9.37 Å². The molecule has 178 valence electrons. The number of anilines is 1. The van der Waals surface area contributed by atoms with E-state index in [2.05, 4.69) is 40.7 Å². The van der Waals surface area contributed by atoms with Crippen LogP contribution in [-0.2, 0) is 23.7 Å². The van der Waals surface area contributed by atoms with Gasteiger partial charge in [-0.2, -0.15) is 5.10 Å². The summed E-state index contributed by atoms with van der Waals surface area (Å²) in [7, 11) is 1.77. The Morgan fingerprint density at radius 2 is 1.88 bits per heavy atom. The number of nitrogens with one attached hydrogen (secondary N) is 1. The molecule has 3 heterocycles. The van der Waals surface area contributed by atoms with Crippen LogP contribution < -0.4 is 10.5 Å². The minimum absolute atomic E-state index is 0.210. The van der Waals surface area contributed by atoms with Crippen LogP contribution in [0, 0.1) is 5.82 Å². The summed E-state index contributed by atoms with van der Waals surface area (Å²) in [6.45, 7) is 11.8. The van der Waals surface area contributed by atoms with Gasteiger partial charge in [0.15, 0.2) is 5.52 Å². The molecule has 0 atom stereocenters. The number of rotatable bonds is 7. The molecule has 8 nitrogen and oxygen atoms in total. The van der Waals surface area contributed by atoms with E-state index < -0.39 is 0 Å². The highest BCUT2D eigenvalue weighted by atomic mass is 19.1. The van der Waals surface area contributed by atoms with E-state index in [0.717, 1.165) is 50.5 Å². The van der Waals surface area contributed by atoms with Gasteiger partial charge in [0, 0.05) is 45.2 Å². The molecular formula is C24H33FN6O2. The monoisotopic (exact) mass is 456 g/mol. The van der Waals surface area contributed by atoms with Gasteiger partial charge in [0.1, 0.15) is 11.3 Å². The van der Waals surface area contributed by atoms with Gasteiger partial charge >= 0.3 is 0 Å². The molecule has 0 spiro atoms. The predicted molar refractivity (Wildman–Crippen MR) is 127 cm³/mol. The Labute approximate surface area is 193 Å². The number of H-pyrrole nitrogens is 1. The number of nitrogens with zero attached hydrogens (tertiary/aromatic N) is 5. The van der Waals surface area contributed by atoms with E-state index >= 15 is 0 Å². The van der Waals surface area contributed by atoms with E-state index in [-0.39, 0.29) is 16.8 Å². The third-order valence-electron chi connectivity index (χ3n) is 5.98. The third kappa shape index (κ3) is 5.42. The Hall–Kier alpha value is -2.78. The second kappa shape index (κ2) is 9.61. The summed E-state index contributed by atoms with van der Waals surface area (Å²) in [5.74, 6) is 0.244. The lowest BCUT2D eigenvalue weighted by molar-refractivity contribution is 0.0376. The average Bonchev–Trinajstić information content (AvgIpc) is 3.12. The Morgan fingerprint density at radius 1 is 1.18 bits per heavy atom. The highest BCUT2D eigenvalue weighted by molar-refractivity contribution is 5.78. The van der Waals surface area contributed by atoms with Gasteiger partial charge in [-0.3, -0.25) is 19.4 Å². The molecular weight excluding hydrogens is 423 g/mol. The van der Waals surface area contributed by atoms with E-state index in [9.17, 15) is 9.18 Å². The van der Waals surface area contributed by atoms with Crippen LogP contribution in [0.15, 0.2) is 29.1 Å². The Kier molecular flexibility index (Phi) is 6.81. The van der Waals surface area contributed by atoms with E-state index in [1.54, 1.807) is 23.9 Å². The van der Waals surface area contributed by atoms with Crippen LogP contribution in [0.4, 0.5) is 10.3 Å². The average molecular weight is 457 g/mol. The Morgan fingerprint density at radius 3 is 2.55 bits per heavy atom. The SMILES string of the molecule is Cn1nc(C(C)(C)C)c2nc(N(CCCN3CCOCC3)Cc3ccc(F)cc3)[nH]c(=O)c21. The summed E-state index contributed by atoms with van der Waals surface area (Å²) in [6, 6.07) is 6.45. The summed E-state index contributed by atoms with van der Waals surface area (Å²) in [5, 5.41) is 4.59. The lowest BCUT2D eigenvalue weighted by atomic mass is 9.91. The number of morpholine rings is 1. The molecule has 1 fully saturated rings. The first-order valence-electron chi connectivity index (χ1n) is 11.5. The minimum atomic E-state index is -0.268. The van der Waals surface area contributed by atoms with Crippen molar-refractivity contribution in [3.8, 4) is 0 Å². The molecule has 9 heteroatoms. The summed E-state index contributed by atoms with van der Waals surface area (Å²) < 4.78 is 20.5. The summed E-state index contributed by atoms with van der Waals surface area (Å²) in [4.78, 5) is 25.3. The third-order valence-corrected chi connectivity index (χ3v) is 5.98. The molecule has 4 rings (SSSR count). The van der Waals surface area contributed by atoms with Gasteiger partial charge in [0.2, 0.25) is 5.95 Å². The fourth-order valence-electron chi connectivity index (χ4n) is 4.20. The number of aromatic nitrogens is 4. The summed E-state index contributed by atoms with van der Waals surface area (Å²) >= 11 is 0. The number of aromatic amines is 1. The van der Waals surface area contributed by atoms with Crippen LogP contribution in [0.25, 0.3) is 11.0 Å². The number of ether oxygens (including phenoxy) is 1. The van der Waals surface area contributed by atoms with Gasteiger partial charge in [-0.15, -0.1) is 0 Å². The summed E-state index contributed by atoms with van der Waals surface area (Å²) in [6.07, 6.45) is 0.905. The predicted octanol–water partition coefficient (Wildman–Crippen LogP) is 2.82. The normalized spacial score (nSPS) is 15.3. The van der Waals surface area contributed by atoms with Gasteiger partial charge in [-0.1, -0.05) is 32.9 Å². The van der Waals surface area contributed by atoms with Crippen LogP contribution in [0.1, 0.15) is 38.4 Å². The molecule has 3 aromatic rings. The molecule has 1 N–H and O–H groups in total. The van der Waals surface area contributed by atoms with Gasteiger partial charge in [-0.05, 0) is 24.1 Å². The van der Waals surface area contributed by atoms with Crippen LogP contribution >= 0.6 is 0 Å². The molecule has 1 aliphatic rings. The van der Waals surface area contributed by atoms with Crippen molar-refractivity contribution in [3.63, 3.8) is 0 Å². The van der Waals surface area contributed by atoms with Crippen LogP contribution in [0.2, 0.25) is 0 Å². The number of halogens is 1. The molecule has 0 aliphatic carbocycles. The van der Waals surface area contributed by atoms with Crippen molar-refractivity contribution in [2.24, 2.45) is 7.05 Å². The van der Waals surface area contributed by atoms with Crippen molar-refractivity contribution >= 4 is 17.0 Å². The second-order valence-corrected chi connectivity index (χ2v) is 9.66. The van der Waals surface area contributed by atoms with E-state index in [4.69, 9.17) is 9.72 Å². The van der Waals surface area contributed by atoms with Crippen molar-refractivity contribution in [2.45, 2.75) is 39.2 Å². The van der Waals surface area contributed by atoms with Crippen molar-refractivity contribution in [2.75, 3.05) is 44.3 Å². The largest absolute Gasteiger partial charge is 0.379 e. The van der Waals surface area contributed by atoms with Gasteiger partial charge < -0.3 is 9.64 Å². The van der Waals surface area contributed by atoms with Crippen molar-refractivity contribution in [1.82, 2.24) is 24.6 Å². The van der Waals surface area contributed by atoms with E-state index in [1.807, 2.05) is 0 Å². The van der Waals surface area contributed by atoms with Crippen LogP contribution in [0.3, 0.4) is 0 Å². The molecule has 0 bridgehead atoms. The lowest BCUT2D eigenvalue weighted by Gasteiger charge is -2.28. The quantitative estimate of drug-likeness (QED) is 0.589. The maximum absolute atomic E-state index is 13.4. The highest BCUT2D eigenvalue weighted by Gasteiger charge is 2.26. The van der Waals surface area contributed by atoms with Gasteiger partial charge in [0.25, 0.3) is 5.56 Å². The molecule has 0 unspecified atom stereocenters. The highest BCUT2D eigenvalue weighted by Crippen LogP contribution is 2.27. The van der Waals surface area contributed by atoms with Crippen molar-refractivity contribution in [3.05, 3.63) is 51.7 Å². The number of aryl methyl sites for hydroxylation is 1. The number of fused-ring (bicyclic) bond motifs is 1. The zero-order valence-electron chi connectivity index (χ0n) is 19.9. The van der Waals surface area contributed by atoms with Crippen LogP contribution in [0.5, 0.6) is 0 Å². The Bertz CT molecular complexity index is 1140. The van der Waals surface area contributed by atoms with Crippen molar-refractivity contribution in [1.29, 1.82) is 0 Å². The van der Waals surface area contributed by atoms with E-state index in [1.165, 1.54) is 12.1 Å². The van der Waals surface area contributed by atoms with Crippen LogP contribution in [-0.4, -0.2) is 64.0 Å². The smallest absolute Gasteiger partial charge is 0.278 e. The fourth-order valence-corrected chi connectivity index (χ4v) is 4.20. The first-order chi connectivity index (χ1) is 15.7. The fraction of sp³-hybridized carbons (Fsp3) is 0.542. The first kappa shape index (κ1) is 23.4.